The van der Waals surface area contributed by atoms with Crippen LogP contribution in [0, 0.1) is 5.82 Å². The van der Waals surface area contributed by atoms with Crippen LogP contribution in [-0.4, -0.2) is 52.1 Å². The third-order valence-electron chi connectivity index (χ3n) is 6.58. The summed E-state index contributed by atoms with van der Waals surface area (Å²) in [5.74, 6) is -1.15. The fourth-order valence-electron chi connectivity index (χ4n) is 4.62. The number of hydrogen-bond donors (Lipinski definition) is 3. The van der Waals surface area contributed by atoms with E-state index in [9.17, 15) is 28.4 Å². The Bertz CT molecular complexity index is 1370. The van der Waals surface area contributed by atoms with E-state index in [4.69, 9.17) is 18.5 Å². The first-order valence-electron chi connectivity index (χ1n) is 12.1. The van der Waals surface area contributed by atoms with Gasteiger partial charge in [-0.3, -0.25) is 23.7 Å². The molecule has 1 saturated carbocycles. The number of aliphatic hydroxyl groups is 1. The summed E-state index contributed by atoms with van der Waals surface area (Å²) in [7, 11) is -3.12. The molecule has 1 aromatic heterocycles. The maximum Gasteiger partial charge on any atom is 0.459 e. The van der Waals surface area contributed by atoms with Gasteiger partial charge in [-0.1, -0.05) is 28.8 Å². The van der Waals surface area contributed by atoms with Crippen molar-refractivity contribution in [2.45, 2.75) is 56.1 Å². The zero-order valence-corrected chi connectivity index (χ0v) is 23.4. The number of rotatable bonds is 10. The molecular weight excluding hydrogens is 604 g/mol. The standard InChI is InChI=1S/C24H28BrFN3O9P/c1-35-22(32)24(9-2-3-10-24)28-39(34,38-17-6-4-16(26)5-7-17)36-14-19-18(30)12-20(37-19)29-13-15(8-11-25)21(31)27-23(29)33/h4-8,11,13,18-20,30H,2-3,9-10,12,14H2,1H3,(H,28,34)(H,27,31,33)/b11-8+/t18-,19?,20-,39?/m1/s1. The van der Waals surface area contributed by atoms with Crippen LogP contribution >= 0.6 is 23.7 Å². The minimum Gasteiger partial charge on any atom is -0.468 e. The van der Waals surface area contributed by atoms with Crippen LogP contribution in [0.15, 0.2) is 45.0 Å². The number of carbonyl (C=O) groups excluding carboxylic acids is 1. The van der Waals surface area contributed by atoms with Gasteiger partial charge in [0, 0.05) is 12.6 Å². The molecule has 39 heavy (non-hydrogen) atoms. The van der Waals surface area contributed by atoms with E-state index in [1.54, 1.807) is 0 Å². The molecule has 0 spiro atoms. The van der Waals surface area contributed by atoms with Gasteiger partial charge >= 0.3 is 19.4 Å². The molecule has 0 radical (unpaired) electrons. The normalized spacial score (nSPS) is 24.1. The van der Waals surface area contributed by atoms with Gasteiger partial charge in [-0.15, -0.1) is 0 Å². The molecule has 1 aliphatic heterocycles. The molecule has 1 aliphatic carbocycles. The number of nitrogens with zero attached hydrogens (tertiary/aromatic N) is 1. The second kappa shape index (κ2) is 12.3. The molecule has 1 saturated heterocycles. The summed E-state index contributed by atoms with van der Waals surface area (Å²) in [4.78, 5) is 40.7. The molecule has 1 aromatic carbocycles. The molecule has 2 aromatic rings. The molecule has 2 aliphatic rings. The zero-order chi connectivity index (χ0) is 28.2. The highest BCUT2D eigenvalue weighted by Crippen LogP contribution is 2.50. The van der Waals surface area contributed by atoms with E-state index in [2.05, 4.69) is 26.0 Å². The first-order valence-corrected chi connectivity index (χ1v) is 14.6. The van der Waals surface area contributed by atoms with Crippen molar-refractivity contribution in [1.29, 1.82) is 0 Å². The quantitative estimate of drug-likeness (QED) is 0.263. The first kappa shape index (κ1) is 29.4. The van der Waals surface area contributed by atoms with Crippen molar-refractivity contribution in [3.8, 4) is 5.75 Å². The average Bonchev–Trinajstić information content (AvgIpc) is 3.52. The maximum absolute atomic E-state index is 14.0. The highest BCUT2D eigenvalue weighted by Gasteiger charge is 2.49. The monoisotopic (exact) mass is 631 g/mol. The number of methoxy groups -OCH3 is 1. The Hall–Kier alpha value is -2.61. The second-order valence-corrected chi connectivity index (χ2v) is 11.4. The smallest absolute Gasteiger partial charge is 0.459 e. The SMILES string of the molecule is COC(=O)C1(NP(=O)(OCC2O[C@@H](n3cc(/C=C/Br)c(=O)[nH]c3=O)C[C@H]2O)Oc2ccc(F)cc2)CCCC1. The van der Waals surface area contributed by atoms with Crippen molar-refractivity contribution in [2.75, 3.05) is 13.7 Å². The Labute approximate surface area is 230 Å². The van der Waals surface area contributed by atoms with Crippen LogP contribution in [0.25, 0.3) is 6.08 Å². The van der Waals surface area contributed by atoms with E-state index in [1.807, 2.05) is 0 Å². The molecule has 4 atom stereocenters. The number of ether oxygens (including phenoxy) is 2. The van der Waals surface area contributed by atoms with Crippen LogP contribution in [-0.2, 0) is 23.4 Å². The number of esters is 1. The van der Waals surface area contributed by atoms with Gasteiger partial charge in [-0.25, -0.2) is 13.8 Å². The predicted molar refractivity (Wildman–Crippen MR) is 141 cm³/mol. The van der Waals surface area contributed by atoms with Crippen molar-refractivity contribution in [1.82, 2.24) is 14.6 Å². The third-order valence-corrected chi connectivity index (χ3v) is 8.49. The number of aromatic nitrogens is 2. The molecule has 12 nitrogen and oxygen atoms in total. The number of halogens is 2. The largest absolute Gasteiger partial charge is 0.468 e. The van der Waals surface area contributed by atoms with Gasteiger partial charge < -0.3 is 19.1 Å². The van der Waals surface area contributed by atoms with Crippen LogP contribution in [0.4, 0.5) is 4.39 Å². The summed E-state index contributed by atoms with van der Waals surface area (Å²) in [6.07, 6.45) is 1.56. The van der Waals surface area contributed by atoms with E-state index >= 15 is 0 Å². The zero-order valence-electron chi connectivity index (χ0n) is 20.9. The first-order chi connectivity index (χ1) is 18.6. The lowest BCUT2D eigenvalue weighted by Gasteiger charge is -2.31. The highest BCUT2D eigenvalue weighted by molar-refractivity contribution is 9.11. The van der Waals surface area contributed by atoms with Crippen LogP contribution in [0.1, 0.15) is 43.9 Å². The summed E-state index contributed by atoms with van der Waals surface area (Å²) in [6, 6.07) is 4.73. The number of aliphatic hydroxyl groups excluding tert-OH is 1. The van der Waals surface area contributed by atoms with E-state index in [0.29, 0.717) is 25.7 Å². The Balaban J connectivity index is 1.55. The summed E-state index contributed by atoms with van der Waals surface area (Å²) >= 11 is 3.08. The fourth-order valence-corrected chi connectivity index (χ4v) is 6.65. The Morgan fingerprint density at radius 1 is 1.33 bits per heavy atom. The van der Waals surface area contributed by atoms with Crippen LogP contribution in [0.5, 0.6) is 5.75 Å². The molecule has 15 heteroatoms. The molecule has 4 rings (SSSR count). The van der Waals surface area contributed by atoms with Gasteiger partial charge in [-0.2, -0.15) is 5.09 Å². The molecule has 212 valence electrons. The fraction of sp³-hybridized carbons (Fsp3) is 0.458. The number of aromatic amines is 1. The number of hydrogen-bond acceptors (Lipinski definition) is 9. The Morgan fingerprint density at radius 2 is 2.03 bits per heavy atom. The molecule has 2 fully saturated rings. The molecule has 0 amide bonds. The van der Waals surface area contributed by atoms with Crippen molar-refractivity contribution >= 4 is 35.7 Å². The van der Waals surface area contributed by atoms with Gasteiger partial charge in [0.2, 0.25) is 0 Å². The van der Waals surface area contributed by atoms with Crippen molar-refractivity contribution in [3.63, 3.8) is 0 Å². The number of nitrogens with one attached hydrogen (secondary N) is 2. The number of H-pyrrole nitrogens is 1. The molecule has 2 unspecified atom stereocenters. The lowest BCUT2D eigenvalue weighted by molar-refractivity contribution is -0.147. The molecule has 2 heterocycles. The third kappa shape index (κ3) is 6.76. The summed E-state index contributed by atoms with van der Waals surface area (Å²) < 4.78 is 50.6. The lowest BCUT2D eigenvalue weighted by Crippen LogP contribution is -2.50. The lowest BCUT2D eigenvalue weighted by atomic mass is 10.00. The van der Waals surface area contributed by atoms with Gasteiger partial charge in [0.05, 0.1) is 25.4 Å². The van der Waals surface area contributed by atoms with E-state index in [-0.39, 0.29) is 17.7 Å². The Kier molecular flexibility index (Phi) is 9.25. The molecule has 0 bridgehead atoms. The van der Waals surface area contributed by atoms with Gasteiger partial charge in [0.25, 0.3) is 5.56 Å². The Morgan fingerprint density at radius 3 is 2.67 bits per heavy atom. The summed E-state index contributed by atoms with van der Waals surface area (Å²) in [6.45, 7) is -0.452. The van der Waals surface area contributed by atoms with Crippen molar-refractivity contribution in [2.24, 2.45) is 0 Å². The van der Waals surface area contributed by atoms with E-state index in [1.165, 1.54) is 36.5 Å². The van der Waals surface area contributed by atoms with Gasteiger partial charge in [0.1, 0.15) is 29.4 Å². The van der Waals surface area contributed by atoms with Crippen molar-refractivity contribution < 1.29 is 37.4 Å². The molecular formula is C24H28BrFN3O9P. The highest BCUT2D eigenvalue weighted by atomic mass is 79.9. The maximum atomic E-state index is 14.0. The number of carbonyl (C=O) groups is 1. The average molecular weight is 632 g/mol. The van der Waals surface area contributed by atoms with Crippen LogP contribution in [0.3, 0.4) is 0 Å². The number of benzene rings is 1. The van der Waals surface area contributed by atoms with E-state index < -0.39 is 61.4 Å². The second-order valence-electron chi connectivity index (χ2n) is 9.21. The van der Waals surface area contributed by atoms with Gasteiger partial charge in [-0.05, 0) is 48.2 Å². The summed E-state index contributed by atoms with van der Waals surface area (Å²) in [5.41, 5.74) is -2.49. The molecule has 3 N–H and O–H groups in total. The van der Waals surface area contributed by atoms with E-state index in [0.717, 1.165) is 16.7 Å². The summed E-state index contributed by atoms with van der Waals surface area (Å²) in [5, 5.41) is 13.4. The van der Waals surface area contributed by atoms with Crippen LogP contribution in [0.2, 0.25) is 0 Å². The minimum absolute atomic E-state index is 0.0168. The van der Waals surface area contributed by atoms with Crippen molar-refractivity contribution in [3.05, 3.63) is 67.7 Å². The van der Waals surface area contributed by atoms with Gasteiger partial charge in [0.15, 0.2) is 0 Å². The predicted octanol–water partition coefficient (Wildman–Crippen LogP) is 2.97. The minimum atomic E-state index is -4.34. The topological polar surface area (TPSA) is 158 Å². The van der Waals surface area contributed by atoms with Crippen LogP contribution < -0.4 is 20.9 Å².